The standard InChI is InChI=1S/C37H46N8O6.C33H44N8O6/c1-37(2,3)31-22-32(45(42-31)26-12-10-25(11-13-26)35(48)44(23-33(46)38-4)24-34(47)39-5)41-36(49)40-29-14-15-30(28-9-7-6-8-27(28)29)51-21-18-43-16-19-50-20-17-43;1-33(2,3)27-20-28(37-32(45)36-24-8-12-26(13-9-24)47-19-16-39-14-17-46-18-15-39)41(38-27)25-10-6-23(7-11-25)31(44)40(21-29(42)34-4)22-30(43)35-5/h6-15,22H,16-21,23-24H2,1-5H3,(H,38,46)(H,39,47)(H2,40,41,49);6-13,20H,14-19,21-22H2,1-5H3,(H,34,42)(H,35,43)(H2,36,37,45). The Morgan fingerprint density at radius 3 is 1.28 bits per heavy atom. The Morgan fingerprint density at radius 2 is 0.867 bits per heavy atom. The van der Waals surface area contributed by atoms with E-state index < -0.39 is 47.5 Å². The summed E-state index contributed by atoms with van der Waals surface area (Å²) < 4.78 is 26.0. The number of amides is 10. The molecule has 2 aromatic heterocycles. The summed E-state index contributed by atoms with van der Waals surface area (Å²) in [5.41, 5.74) is 3.79. The van der Waals surface area contributed by atoms with Crippen molar-refractivity contribution < 1.29 is 57.3 Å². The molecule has 0 bridgehead atoms. The molecule has 2 aliphatic rings. The lowest BCUT2D eigenvalue weighted by Gasteiger charge is -2.26. The molecule has 2 fully saturated rings. The number of aromatic nitrogens is 4. The van der Waals surface area contributed by atoms with Gasteiger partial charge in [-0.2, -0.15) is 10.2 Å². The monoisotopic (exact) mass is 1350 g/mol. The summed E-state index contributed by atoms with van der Waals surface area (Å²) in [6, 6.07) is 34.4. The highest BCUT2D eigenvalue weighted by Gasteiger charge is 2.27. The second kappa shape index (κ2) is 34.5. The van der Waals surface area contributed by atoms with Gasteiger partial charge in [0.2, 0.25) is 23.6 Å². The third-order valence-corrected chi connectivity index (χ3v) is 16.0. The van der Waals surface area contributed by atoms with Gasteiger partial charge in [0.25, 0.3) is 11.8 Å². The van der Waals surface area contributed by atoms with Crippen molar-refractivity contribution in [3.8, 4) is 22.9 Å². The molecule has 522 valence electrons. The topological polar surface area (TPSA) is 318 Å². The molecule has 9 rings (SSSR count). The Labute approximate surface area is 570 Å². The van der Waals surface area contributed by atoms with Crippen LogP contribution in [0.25, 0.3) is 22.1 Å². The van der Waals surface area contributed by atoms with Crippen LogP contribution in [0, 0.1) is 0 Å². The Bertz CT molecular complexity index is 3850. The lowest BCUT2D eigenvalue weighted by atomic mass is 9.92. The largest absolute Gasteiger partial charge is 0.492 e. The molecule has 0 radical (unpaired) electrons. The van der Waals surface area contributed by atoms with Gasteiger partial charge in [0, 0.05) is 118 Å². The molecule has 0 saturated carbocycles. The van der Waals surface area contributed by atoms with E-state index in [1.165, 1.54) is 38.0 Å². The average Bonchev–Trinajstić information content (AvgIpc) is 1.48. The summed E-state index contributed by atoms with van der Waals surface area (Å²) in [7, 11) is 5.84. The van der Waals surface area contributed by atoms with Crippen molar-refractivity contribution in [2.24, 2.45) is 0 Å². The van der Waals surface area contributed by atoms with E-state index in [1.807, 2.05) is 96.1 Å². The molecule has 0 spiro atoms. The number of hydrogen-bond donors (Lipinski definition) is 8. The zero-order valence-corrected chi connectivity index (χ0v) is 57.3. The number of urea groups is 2. The molecular formula is C70H90N16O12. The van der Waals surface area contributed by atoms with Crippen molar-refractivity contribution in [1.82, 2.24) is 60.4 Å². The number of fused-ring (bicyclic) bond motifs is 1. The number of benzene rings is 5. The normalized spacial score (nSPS) is 13.4. The second-order valence-corrected chi connectivity index (χ2v) is 25.2. The molecule has 0 atom stereocenters. The molecule has 0 unspecified atom stereocenters. The van der Waals surface area contributed by atoms with E-state index in [4.69, 9.17) is 29.1 Å². The van der Waals surface area contributed by atoms with Crippen LogP contribution in [0.15, 0.2) is 121 Å². The number of anilines is 4. The molecule has 2 aliphatic heterocycles. The SMILES string of the molecule is CNC(=O)CN(CC(=O)NC)C(=O)c1ccc(-n2nc(C(C)(C)C)cc2NC(=O)Nc2ccc(OCCN3CCOCC3)c3ccccc23)cc1.CNC(=O)CN(CC(=O)NC)C(=O)c1ccc(-n2nc(C(C)(C)C)cc2NC(=O)Nc2ccc(OCCN3CCOCC3)cc2)cc1. The van der Waals surface area contributed by atoms with Crippen LogP contribution < -0.4 is 52.0 Å². The van der Waals surface area contributed by atoms with Crippen LogP contribution in [0.5, 0.6) is 11.5 Å². The first-order valence-electron chi connectivity index (χ1n) is 32.4. The summed E-state index contributed by atoms with van der Waals surface area (Å²) >= 11 is 0. The maximum absolute atomic E-state index is 13.5. The Kier molecular flexibility index (Phi) is 25.8. The smallest absolute Gasteiger partial charge is 0.324 e. The molecule has 10 amide bonds. The zero-order valence-electron chi connectivity index (χ0n) is 57.3. The van der Waals surface area contributed by atoms with Crippen LogP contribution in [0.1, 0.15) is 73.6 Å². The molecular weight excluding hydrogens is 1260 g/mol. The number of nitrogens with one attached hydrogen (secondary N) is 8. The summed E-state index contributed by atoms with van der Waals surface area (Å²) in [5, 5.41) is 32.8. The van der Waals surface area contributed by atoms with Gasteiger partial charge in [0.05, 0.1) is 54.9 Å². The van der Waals surface area contributed by atoms with Gasteiger partial charge in [0.15, 0.2) is 0 Å². The second-order valence-electron chi connectivity index (χ2n) is 25.2. The summed E-state index contributed by atoms with van der Waals surface area (Å²) in [5.74, 6) is -0.268. The molecule has 28 heteroatoms. The lowest BCUT2D eigenvalue weighted by molar-refractivity contribution is -0.125. The van der Waals surface area contributed by atoms with Gasteiger partial charge in [-0.1, -0.05) is 65.8 Å². The van der Waals surface area contributed by atoms with E-state index in [-0.39, 0.29) is 48.1 Å². The van der Waals surface area contributed by atoms with Crippen LogP contribution in [0.3, 0.4) is 0 Å². The van der Waals surface area contributed by atoms with E-state index in [2.05, 4.69) is 52.3 Å². The molecule has 0 aliphatic carbocycles. The first-order chi connectivity index (χ1) is 46.9. The van der Waals surface area contributed by atoms with Gasteiger partial charge in [-0.15, -0.1) is 0 Å². The average molecular weight is 1350 g/mol. The first kappa shape index (κ1) is 73.4. The minimum Gasteiger partial charge on any atom is -0.492 e. The number of ether oxygens (including phenoxy) is 4. The number of carbonyl (C=O) groups is 8. The third-order valence-electron chi connectivity index (χ3n) is 16.0. The van der Waals surface area contributed by atoms with Crippen LogP contribution in [-0.4, -0.2) is 220 Å². The third kappa shape index (κ3) is 20.8. The minimum absolute atomic E-state index is 0.271. The predicted molar refractivity (Wildman–Crippen MR) is 374 cm³/mol. The van der Waals surface area contributed by atoms with E-state index in [0.29, 0.717) is 53.3 Å². The number of likely N-dealkylation sites (N-methyl/N-ethyl adjacent to an activating group) is 4. The van der Waals surface area contributed by atoms with Gasteiger partial charge < -0.3 is 60.6 Å². The van der Waals surface area contributed by atoms with Crippen molar-refractivity contribution >= 4 is 81.3 Å². The summed E-state index contributed by atoms with van der Waals surface area (Å²) in [6.45, 7) is 20.3. The van der Waals surface area contributed by atoms with Gasteiger partial charge in [-0.3, -0.25) is 49.2 Å². The minimum atomic E-state index is -0.483. The van der Waals surface area contributed by atoms with Crippen LogP contribution >= 0.6 is 0 Å². The van der Waals surface area contributed by atoms with Gasteiger partial charge in [0.1, 0.15) is 62.5 Å². The fourth-order valence-corrected chi connectivity index (χ4v) is 10.2. The maximum atomic E-state index is 13.5. The van der Waals surface area contributed by atoms with Crippen molar-refractivity contribution in [2.45, 2.75) is 52.4 Å². The van der Waals surface area contributed by atoms with Crippen molar-refractivity contribution in [3.63, 3.8) is 0 Å². The highest BCUT2D eigenvalue weighted by atomic mass is 16.5. The van der Waals surface area contributed by atoms with Crippen molar-refractivity contribution in [1.29, 1.82) is 0 Å². The predicted octanol–water partition coefficient (Wildman–Crippen LogP) is 6.07. The number of carbonyl (C=O) groups excluding carboxylic acids is 8. The van der Waals surface area contributed by atoms with Gasteiger partial charge >= 0.3 is 12.1 Å². The highest BCUT2D eigenvalue weighted by Crippen LogP contribution is 2.33. The van der Waals surface area contributed by atoms with E-state index in [1.54, 1.807) is 76.1 Å². The van der Waals surface area contributed by atoms with Crippen LogP contribution in [0.4, 0.5) is 32.6 Å². The molecule has 8 N–H and O–H groups in total. The summed E-state index contributed by atoms with van der Waals surface area (Å²) in [4.78, 5) is 108. The van der Waals surface area contributed by atoms with Crippen LogP contribution in [-0.2, 0) is 39.5 Å². The maximum Gasteiger partial charge on any atom is 0.324 e. The summed E-state index contributed by atoms with van der Waals surface area (Å²) in [6.07, 6.45) is 0. The van der Waals surface area contributed by atoms with Gasteiger partial charge in [-0.25, -0.2) is 19.0 Å². The van der Waals surface area contributed by atoms with Gasteiger partial charge in [-0.05, 0) is 84.9 Å². The first-order valence-corrected chi connectivity index (χ1v) is 32.4. The lowest BCUT2D eigenvalue weighted by Crippen LogP contribution is -2.44. The molecule has 4 heterocycles. The molecule has 5 aromatic carbocycles. The Morgan fingerprint density at radius 1 is 0.469 bits per heavy atom. The van der Waals surface area contributed by atoms with Crippen LogP contribution in [0.2, 0.25) is 0 Å². The zero-order chi connectivity index (χ0) is 70.5. The number of hydrogen-bond acceptors (Lipinski definition) is 16. The molecule has 2 saturated heterocycles. The highest BCUT2D eigenvalue weighted by molar-refractivity contribution is 6.08. The van der Waals surface area contributed by atoms with E-state index >= 15 is 0 Å². The Hall–Kier alpha value is -10.4. The quantitative estimate of drug-likeness (QED) is 0.0340. The Balaban J connectivity index is 0.000000251. The fourth-order valence-electron chi connectivity index (χ4n) is 10.2. The van der Waals surface area contributed by atoms with Crippen molar-refractivity contribution in [3.05, 3.63) is 144 Å². The van der Waals surface area contributed by atoms with E-state index in [0.717, 1.165) is 93.6 Å². The van der Waals surface area contributed by atoms with Crippen molar-refractivity contribution in [2.75, 3.05) is 155 Å². The molecule has 28 nitrogen and oxygen atoms in total. The number of morpholine rings is 2. The fraction of sp³-hybridized carbons (Fsp3) is 0.400. The number of rotatable bonds is 24. The molecule has 7 aromatic rings. The molecule has 98 heavy (non-hydrogen) atoms. The number of nitrogens with zero attached hydrogens (tertiary/aromatic N) is 8. The van der Waals surface area contributed by atoms with E-state index in [9.17, 15) is 38.4 Å².